The highest BCUT2D eigenvalue weighted by Crippen LogP contribution is 2.09. The average Bonchev–Trinajstić information content (AvgIpc) is 2.25. The second-order valence-electron chi connectivity index (χ2n) is 3.00. The van der Waals surface area contributed by atoms with Crippen LogP contribution in [0.15, 0.2) is 18.2 Å². The standard InChI is InChI=1S/C10H14N2O.C2H6/c1-7-4-5-9(6-8(7)2)10(13)12-11-3;1-2/h4-6,11H,1-3H3,(H,12,13);1-2H3. The van der Waals surface area contributed by atoms with E-state index in [1.165, 1.54) is 5.56 Å². The zero-order chi connectivity index (χ0) is 11.8. The number of benzene rings is 1. The number of amides is 1. The fourth-order valence-electron chi connectivity index (χ4n) is 1.07. The molecule has 15 heavy (non-hydrogen) atoms. The van der Waals surface area contributed by atoms with Crippen molar-refractivity contribution in [1.29, 1.82) is 0 Å². The van der Waals surface area contributed by atoms with E-state index in [0.29, 0.717) is 5.56 Å². The van der Waals surface area contributed by atoms with Crippen LogP contribution in [-0.2, 0) is 0 Å². The first-order valence-electron chi connectivity index (χ1n) is 5.19. The van der Waals surface area contributed by atoms with Crippen molar-refractivity contribution in [3.05, 3.63) is 34.9 Å². The molecule has 0 bridgehead atoms. The number of aryl methyl sites for hydroxylation is 2. The Kier molecular flexibility index (Phi) is 6.38. The maximum Gasteiger partial charge on any atom is 0.265 e. The van der Waals surface area contributed by atoms with Crippen molar-refractivity contribution in [2.24, 2.45) is 0 Å². The van der Waals surface area contributed by atoms with Crippen LogP contribution in [0.1, 0.15) is 35.3 Å². The van der Waals surface area contributed by atoms with E-state index in [1.54, 1.807) is 7.05 Å². The quantitative estimate of drug-likeness (QED) is 0.731. The van der Waals surface area contributed by atoms with E-state index in [0.717, 1.165) is 5.56 Å². The zero-order valence-electron chi connectivity index (χ0n) is 10.1. The average molecular weight is 208 g/mol. The van der Waals surface area contributed by atoms with Crippen LogP contribution in [-0.4, -0.2) is 13.0 Å². The lowest BCUT2D eigenvalue weighted by Crippen LogP contribution is -2.34. The molecule has 0 aromatic heterocycles. The Bertz CT molecular complexity index is 321. The Morgan fingerprint density at radius 3 is 2.20 bits per heavy atom. The second kappa shape index (κ2) is 7.01. The SMILES string of the molecule is CC.CNNC(=O)c1ccc(C)c(C)c1. The van der Waals surface area contributed by atoms with Gasteiger partial charge in [0.2, 0.25) is 0 Å². The van der Waals surface area contributed by atoms with Gasteiger partial charge in [0.25, 0.3) is 5.91 Å². The van der Waals surface area contributed by atoms with E-state index in [4.69, 9.17) is 0 Å². The molecule has 0 aliphatic rings. The number of nitrogens with one attached hydrogen (secondary N) is 2. The van der Waals surface area contributed by atoms with E-state index in [9.17, 15) is 4.79 Å². The molecule has 0 saturated heterocycles. The van der Waals surface area contributed by atoms with Gasteiger partial charge in [0.1, 0.15) is 0 Å². The lowest BCUT2D eigenvalue weighted by atomic mass is 10.1. The number of carbonyl (C=O) groups is 1. The largest absolute Gasteiger partial charge is 0.288 e. The number of hydrogen-bond acceptors (Lipinski definition) is 2. The van der Waals surface area contributed by atoms with Gasteiger partial charge in [-0.25, -0.2) is 5.43 Å². The molecule has 1 amide bonds. The molecule has 1 aromatic carbocycles. The topological polar surface area (TPSA) is 41.1 Å². The molecule has 0 saturated carbocycles. The highest BCUT2D eigenvalue weighted by molar-refractivity contribution is 5.94. The molecule has 0 spiro atoms. The molecule has 0 aliphatic carbocycles. The maximum absolute atomic E-state index is 11.3. The summed E-state index contributed by atoms with van der Waals surface area (Å²) < 4.78 is 0. The van der Waals surface area contributed by atoms with Gasteiger partial charge in [-0.3, -0.25) is 10.2 Å². The van der Waals surface area contributed by atoms with Crippen LogP contribution in [0, 0.1) is 13.8 Å². The van der Waals surface area contributed by atoms with E-state index < -0.39 is 0 Å². The fraction of sp³-hybridized carbons (Fsp3) is 0.417. The molecule has 3 nitrogen and oxygen atoms in total. The van der Waals surface area contributed by atoms with Gasteiger partial charge in [0.05, 0.1) is 0 Å². The summed E-state index contributed by atoms with van der Waals surface area (Å²) in [4.78, 5) is 11.3. The molecule has 3 heteroatoms. The van der Waals surface area contributed by atoms with E-state index >= 15 is 0 Å². The minimum atomic E-state index is -0.106. The lowest BCUT2D eigenvalue weighted by Gasteiger charge is -2.05. The highest BCUT2D eigenvalue weighted by Gasteiger charge is 2.04. The smallest absolute Gasteiger partial charge is 0.265 e. The number of hydrogen-bond donors (Lipinski definition) is 2. The molecule has 0 aliphatic heterocycles. The van der Waals surface area contributed by atoms with E-state index in [2.05, 4.69) is 10.9 Å². The molecular formula is C12H20N2O. The molecule has 0 atom stereocenters. The first kappa shape index (κ1) is 13.7. The molecular weight excluding hydrogens is 188 g/mol. The van der Waals surface area contributed by atoms with Gasteiger partial charge in [0.15, 0.2) is 0 Å². The van der Waals surface area contributed by atoms with Gasteiger partial charge < -0.3 is 0 Å². The summed E-state index contributed by atoms with van der Waals surface area (Å²) in [5, 5.41) is 0. The normalized spacial score (nSPS) is 8.87. The molecule has 0 fully saturated rings. The highest BCUT2D eigenvalue weighted by atomic mass is 16.2. The van der Waals surface area contributed by atoms with Crippen LogP contribution in [0.3, 0.4) is 0 Å². The van der Waals surface area contributed by atoms with Crippen molar-refractivity contribution in [3.63, 3.8) is 0 Å². The van der Waals surface area contributed by atoms with Crippen molar-refractivity contribution >= 4 is 5.91 Å². The first-order valence-corrected chi connectivity index (χ1v) is 5.19. The van der Waals surface area contributed by atoms with Gasteiger partial charge in [-0.15, -0.1) is 0 Å². The van der Waals surface area contributed by atoms with Gasteiger partial charge in [-0.1, -0.05) is 19.9 Å². The van der Waals surface area contributed by atoms with Crippen molar-refractivity contribution in [2.75, 3.05) is 7.05 Å². The molecule has 0 radical (unpaired) electrons. The third-order valence-corrected chi connectivity index (χ3v) is 2.01. The minimum Gasteiger partial charge on any atom is -0.288 e. The predicted octanol–water partition coefficient (Wildman–Crippen LogP) is 2.19. The molecule has 1 aromatic rings. The zero-order valence-corrected chi connectivity index (χ0v) is 10.1. The molecule has 84 valence electrons. The summed E-state index contributed by atoms with van der Waals surface area (Å²) in [5.74, 6) is -0.106. The second-order valence-corrected chi connectivity index (χ2v) is 3.00. The predicted molar refractivity (Wildman–Crippen MR) is 63.8 cm³/mol. The number of carbonyl (C=O) groups excluding carboxylic acids is 1. The molecule has 2 N–H and O–H groups in total. The van der Waals surface area contributed by atoms with Crippen molar-refractivity contribution in [3.8, 4) is 0 Å². The first-order chi connectivity index (χ1) is 7.15. The number of rotatable bonds is 2. The molecule has 1 rings (SSSR count). The van der Waals surface area contributed by atoms with Crippen molar-refractivity contribution in [2.45, 2.75) is 27.7 Å². The van der Waals surface area contributed by atoms with Crippen LogP contribution in [0.5, 0.6) is 0 Å². The lowest BCUT2D eigenvalue weighted by molar-refractivity contribution is 0.0938. The summed E-state index contributed by atoms with van der Waals surface area (Å²) >= 11 is 0. The Balaban J connectivity index is 0.000000921. The third-order valence-electron chi connectivity index (χ3n) is 2.01. The van der Waals surface area contributed by atoms with Crippen LogP contribution in [0.4, 0.5) is 0 Å². The fourth-order valence-corrected chi connectivity index (χ4v) is 1.07. The van der Waals surface area contributed by atoms with Gasteiger partial charge in [-0.2, -0.15) is 0 Å². The van der Waals surface area contributed by atoms with Crippen LogP contribution < -0.4 is 10.9 Å². The van der Waals surface area contributed by atoms with Crippen LogP contribution in [0.25, 0.3) is 0 Å². The van der Waals surface area contributed by atoms with Crippen LogP contribution in [0.2, 0.25) is 0 Å². The summed E-state index contributed by atoms with van der Waals surface area (Å²) in [6.45, 7) is 8.01. The van der Waals surface area contributed by atoms with E-state index in [-0.39, 0.29) is 5.91 Å². The maximum atomic E-state index is 11.3. The summed E-state index contributed by atoms with van der Waals surface area (Å²) in [6, 6.07) is 5.64. The minimum absolute atomic E-state index is 0.106. The summed E-state index contributed by atoms with van der Waals surface area (Å²) in [7, 11) is 1.67. The summed E-state index contributed by atoms with van der Waals surface area (Å²) in [5.41, 5.74) is 8.12. The van der Waals surface area contributed by atoms with Crippen LogP contribution >= 0.6 is 0 Å². The molecule has 0 heterocycles. The van der Waals surface area contributed by atoms with Gasteiger partial charge in [0, 0.05) is 12.6 Å². The molecule has 0 unspecified atom stereocenters. The van der Waals surface area contributed by atoms with Crippen molar-refractivity contribution < 1.29 is 4.79 Å². The van der Waals surface area contributed by atoms with Crippen molar-refractivity contribution in [1.82, 2.24) is 10.9 Å². The third kappa shape index (κ3) is 4.13. The Morgan fingerprint density at radius 1 is 1.13 bits per heavy atom. The monoisotopic (exact) mass is 208 g/mol. The summed E-state index contributed by atoms with van der Waals surface area (Å²) in [6.07, 6.45) is 0. The van der Waals surface area contributed by atoms with Gasteiger partial charge >= 0.3 is 0 Å². The Morgan fingerprint density at radius 2 is 1.73 bits per heavy atom. The van der Waals surface area contributed by atoms with Gasteiger partial charge in [-0.05, 0) is 37.1 Å². The van der Waals surface area contributed by atoms with E-state index in [1.807, 2.05) is 45.9 Å². The Labute approximate surface area is 91.9 Å². The Hall–Kier alpha value is -1.35. The number of hydrazine groups is 1.